The Balaban J connectivity index is 2.62. The van der Waals surface area contributed by atoms with Gasteiger partial charge in [-0.15, -0.1) is 22.7 Å². The summed E-state index contributed by atoms with van der Waals surface area (Å²) in [4.78, 5) is 24.1. The number of carboxylic acids is 1. The number of carbonyl (C=O) groups excluding carboxylic acids is 1. The van der Waals surface area contributed by atoms with E-state index in [-0.39, 0.29) is 5.56 Å². The molecule has 0 radical (unpaired) electrons. The summed E-state index contributed by atoms with van der Waals surface area (Å²) in [5.41, 5.74) is 0.982. The average Bonchev–Trinajstić information content (AvgIpc) is 2.82. The Morgan fingerprint density at radius 3 is 2.88 bits per heavy atom. The molecule has 0 bridgehead atoms. The lowest BCUT2D eigenvalue weighted by molar-refractivity contribution is 0.0698. The van der Waals surface area contributed by atoms with Crippen molar-refractivity contribution in [1.29, 1.82) is 0 Å². The molecule has 0 aliphatic carbocycles. The Kier molecular flexibility index (Phi) is 2.89. The van der Waals surface area contributed by atoms with Crippen molar-refractivity contribution in [2.75, 3.05) is 0 Å². The van der Waals surface area contributed by atoms with Crippen molar-refractivity contribution in [3.05, 3.63) is 32.8 Å². The molecule has 16 heavy (non-hydrogen) atoms. The third-order valence-corrected chi connectivity index (χ3v) is 4.05. The third-order valence-electron chi connectivity index (χ3n) is 2.13. The molecule has 3 nitrogen and oxygen atoms in total. The van der Waals surface area contributed by atoms with E-state index in [1.165, 1.54) is 22.7 Å². The van der Waals surface area contributed by atoms with Gasteiger partial charge in [0.05, 0.1) is 15.3 Å². The van der Waals surface area contributed by atoms with Gasteiger partial charge in [-0.2, -0.15) is 0 Å². The predicted molar refractivity (Wildman–Crippen MR) is 64.7 cm³/mol. The number of rotatable bonds is 3. The van der Waals surface area contributed by atoms with E-state index in [9.17, 15) is 9.59 Å². The molecule has 0 aromatic carbocycles. The summed E-state index contributed by atoms with van der Waals surface area (Å²) in [6.07, 6.45) is 0.776. The number of aryl methyl sites for hydroxylation is 1. The van der Waals surface area contributed by atoms with Crippen LogP contribution in [0.1, 0.15) is 24.9 Å². The van der Waals surface area contributed by atoms with E-state index in [2.05, 4.69) is 0 Å². The van der Waals surface area contributed by atoms with Gasteiger partial charge in [0, 0.05) is 10.4 Å². The van der Waals surface area contributed by atoms with Crippen LogP contribution in [0.25, 0.3) is 10.4 Å². The molecular formula is C11H8O3S2. The summed E-state index contributed by atoms with van der Waals surface area (Å²) in [6, 6.07) is 3.41. The number of carbonyl (C=O) groups is 2. The largest absolute Gasteiger partial charge is 0.478 e. The topological polar surface area (TPSA) is 54.4 Å². The van der Waals surface area contributed by atoms with E-state index in [4.69, 9.17) is 5.11 Å². The van der Waals surface area contributed by atoms with Crippen LogP contribution in [0.4, 0.5) is 0 Å². The van der Waals surface area contributed by atoms with Crippen LogP contribution in [-0.4, -0.2) is 17.4 Å². The summed E-state index contributed by atoms with van der Waals surface area (Å²) < 4.78 is 0. The average molecular weight is 252 g/mol. The Bertz CT molecular complexity index is 551. The lowest BCUT2D eigenvalue weighted by Gasteiger charge is -1.97. The number of aldehydes is 1. The highest BCUT2D eigenvalue weighted by Crippen LogP contribution is 2.35. The van der Waals surface area contributed by atoms with Crippen molar-refractivity contribution in [1.82, 2.24) is 0 Å². The maximum absolute atomic E-state index is 11.0. The van der Waals surface area contributed by atoms with E-state index < -0.39 is 5.97 Å². The minimum absolute atomic E-state index is 0.255. The first-order chi connectivity index (χ1) is 7.63. The van der Waals surface area contributed by atoms with Crippen molar-refractivity contribution in [3.8, 4) is 10.4 Å². The van der Waals surface area contributed by atoms with Gasteiger partial charge in [0.2, 0.25) is 0 Å². The molecule has 5 heteroatoms. The molecule has 2 aromatic rings. The van der Waals surface area contributed by atoms with Gasteiger partial charge in [-0.1, -0.05) is 0 Å². The maximum Gasteiger partial charge on any atom is 0.337 e. The standard InChI is InChI=1S/C11H8O3S2/c1-6-4-8(9(5-12)16-6)10-7(11(13)14)2-3-15-10/h2-5H,1H3,(H,13,14). The molecule has 0 fully saturated rings. The number of carboxylic acid groups (broad SMARTS) is 1. The van der Waals surface area contributed by atoms with Crippen LogP contribution >= 0.6 is 22.7 Å². The minimum atomic E-state index is -0.961. The van der Waals surface area contributed by atoms with Crippen molar-refractivity contribution >= 4 is 34.9 Å². The van der Waals surface area contributed by atoms with E-state index in [0.717, 1.165) is 16.7 Å². The Morgan fingerprint density at radius 2 is 2.25 bits per heavy atom. The second-order valence-corrected chi connectivity index (χ2v) is 5.43. The summed E-state index contributed by atoms with van der Waals surface area (Å²) in [5, 5.41) is 10.7. The highest BCUT2D eigenvalue weighted by Gasteiger charge is 2.17. The fraction of sp³-hybridized carbons (Fsp3) is 0.0909. The van der Waals surface area contributed by atoms with Crippen LogP contribution in [0.2, 0.25) is 0 Å². The van der Waals surface area contributed by atoms with E-state index in [1.54, 1.807) is 11.4 Å². The molecular weight excluding hydrogens is 244 g/mol. The van der Waals surface area contributed by atoms with Crippen LogP contribution in [0.3, 0.4) is 0 Å². The first-order valence-electron chi connectivity index (χ1n) is 4.50. The van der Waals surface area contributed by atoms with Gasteiger partial charge in [-0.3, -0.25) is 4.79 Å². The minimum Gasteiger partial charge on any atom is -0.478 e. The van der Waals surface area contributed by atoms with E-state index >= 15 is 0 Å². The van der Waals surface area contributed by atoms with E-state index in [1.807, 2.05) is 13.0 Å². The molecule has 2 rings (SSSR count). The molecule has 0 atom stereocenters. The van der Waals surface area contributed by atoms with Crippen molar-refractivity contribution in [2.45, 2.75) is 6.92 Å². The van der Waals surface area contributed by atoms with Crippen LogP contribution < -0.4 is 0 Å². The summed E-state index contributed by atoms with van der Waals surface area (Å²) in [6.45, 7) is 1.90. The smallest absolute Gasteiger partial charge is 0.337 e. The second-order valence-electron chi connectivity index (χ2n) is 3.22. The fourth-order valence-electron chi connectivity index (χ4n) is 1.48. The first kappa shape index (κ1) is 11.0. The van der Waals surface area contributed by atoms with Gasteiger partial charge in [0.25, 0.3) is 0 Å². The molecule has 0 saturated heterocycles. The molecule has 0 amide bonds. The van der Waals surface area contributed by atoms with Gasteiger partial charge in [-0.25, -0.2) is 4.79 Å². The number of aromatic carboxylic acids is 1. The van der Waals surface area contributed by atoms with E-state index in [0.29, 0.717) is 9.75 Å². The van der Waals surface area contributed by atoms with Gasteiger partial charge >= 0.3 is 5.97 Å². The summed E-state index contributed by atoms with van der Waals surface area (Å²) >= 11 is 2.72. The first-order valence-corrected chi connectivity index (χ1v) is 6.20. The fourth-order valence-corrected chi connectivity index (χ4v) is 3.31. The lowest BCUT2D eigenvalue weighted by atomic mass is 10.1. The molecule has 0 unspecified atom stereocenters. The quantitative estimate of drug-likeness (QED) is 0.853. The number of hydrogen-bond donors (Lipinski definition) is 1. The van der Waals surface area contributed by atoms with Gasteiger partial charge in [0.15, 0.2) is 6.29 Å². The predicted octanol–water partition coefficient (Wildman–Crippen LogP) is 3.30. The summed E-state index contributed by atoms with van der Waals surface area (Å²) in [5.74, 6) is -0.961. The molecule has 0 aliphatic rings. The Morgan fingerprint density at radius 1 is 1.50 bits per heavy atom. The highest BCUT2D eigenvalue weighted by atomic mass is 32.1. The highest BCUT2D eigenvalue weighted by molar-refractivity contribution is 7.16. The lowest BCUT2D eigenvalue weighted by Crippen LogP contribution is -1.95. The normalized spacial score (nSPS) is 10.3. The van der Waals surface area contributed by atoms with Crippen LogP contribution in [-0.2, 0) is 0 Å². The molecule has 2 heterocycles. The van der Waals surface area contributed by atoms with Gasteiger partial charge in [0.1, 0.15) is 0 Å². The van der Waals surface area contributed by atoms with Crippen LogP contribution in [0.5, 0.6) is 0 Å². The molecule has 0 saturated carbocycles. The van der Waals surface area contributed by atoms with Gasteiger partial charge in [-0.05, 0) is 24.4 Å². The maximum atomic E-state index is 11.0. The Hall–Kier alpha value is -1.46. The molecule has 1 N–H and O–H groups in total. The zero-order valence-electron chi connectivity index (χ0n) is 8.39. The monoisotopic (exact) mass is 252 g/mol. The molecule has 0 aliphatic heterocycles. The number of hydrogen-bond acceptors (Lipinski definition) is 4. The van der Waals surface area contributed by atoms with Crippen LogP contribution in [0, 0.1) is 6.92 Å². The van der Waals surface area contributed by atoms with Gasteiger partial charge < -0.3 is 5.11 Å². The molecule has 2 aromatic heterocycles. The second kappa shape index (κ2) is 4.19. The Labute approximate surface area is 100.0 Å². The number of thiophene rings is 2. The molecule has 0 spiro atoms. The van der Waals surface area contributed by atoms with Crippen molar-refractivity contribution in [3.63, 3.8) is 0 Å². The molecule has 82 valence electrons. The zero-order chi connectivity index (χ0) is 11.7. The SMILES string of the molecule is Cc1cc(-c2sccc2C(=O)O)c(C=O)s1. The van der Waals surface area contributed by atoms with Crippen molar-refractivity contribution in [2.24, 2.45) is 0 Å². The third kappa shape index (κ3) is 1.79. The van der Waals surface area contributed by atoms with Crippen molar-refractivity contribution < 1.29 is 14.7 Å². The zero-order valence-corrected chi connectivity index (χ0v) is 10.0. The van der Waals surface area contributed by atoms with Crippen LogP contribution in [0.15, 0.2) is 17.5 Å². The summed E-state index contributed by atoms with van der Waals surface area (Å²) in [7, 11) is 0.